The van der Waals surface area contributed by atoms with E-state index in [0.29, 0.717) is 12.4 Å². The van der Waals surface area contributed by atoms with Crippen molar-refractivity contribution in [1.29, 1.82) is 5.26 Å². The van der Waals surface area contributed by atoms with Gasteiger partial charge in [-0.25, -0.2) is 9.97 Å². The molecule has 0 fully saturated rings. The van der Waals surface area contributed by atoms with Crippen LogP contribution < -0.4 is 5.73 Å². The van der Waals surface area contributed by atoms with Crippen molar-refractivity contribution < 1.29 is 0 Å². The minimum Gasteiger partial charge on any atom is -0.369 e. The van der Waals surface area contributed by atoms with Gasteiger partial charge in [-0.15, -0.1) is 0 Å². The third kappa shape index (κ3) is 1.97. The molecule has 0 radical (unpaired) electrons. The first-order chi connectivity index (χ1) is 9.69. The second-order valence-corrected chi connectivity index (χ2v) is 4.60. The number of aryl methyl sites for hydroxylation is 1. The molecule has 0 amide bonds. The predicted molar refractivity (Wildman–Crippen MR) is 77.3 cm³/mol. The van der Waals surface area contributed by atoms with Crippen LogP contribution in [0.5, 0.6) is 0 Å². The third-order valence-corrected chi connectivity index (χ3v) is 3.15. The number of anilines is 1. The lowest BCUT2D eigenvalue weighted by atomic mass is 10.1. The molecule has 5 nitrogen and oxygen atoms in total. The summed E-state index contributed by atoms with van der Waals surface area (Å²) in [6.07, 6.45) is 0.401. The van der Waals surface area contributed by atoms with Crippen LogP contribution in [0.3, 0.4) is 0 Å². The largest absolute Gasteiger partial charge is 0.369 e. The van der Waals surface area contributed by atoms with Crippen molar-refractivity contribution in [2.75, 3.05) is 5.73 Å². The standard InChI is InChI=1S/C15H13N5/c1-10-2-7-13-14(18-10)20(15(17)19-13)12-5-3-11(4-6-12)8-9-16/h2-7H,8H2,1H3,(H2,17,19). The van der Waals surface area contributed by atoms with E-state index in [1.807, 2.05) is 47.9 Å². The molecule has 98 valence electrons. The zero-order chi connectivity index (χ0) is 14.1. The number of fused-ring (bicyclic) bond motifs is 1. The Bertz CT molecular complexity index is 809. The van der Waals surface area contributed by atoms with Gasteiger partial charge in [-0.2, -0.15) is 5.26 Å². The van der Waals surface area contributed by atoms with Crippen LogP contribution in [-0.2, 0) is 6.42 Å². The molecule has 0 saturated heterocycles. The Balaban J connectivity index is 2.16. The summed E-state index contributed by atoms with van der Waals surface area (Å²) < 4.78 is 1.82. The summed E-state index contributed by atoms with van der Waals surface area (Å²) in [6, 6.07) is 13.6. The van der Waals surface area contributed by atoms with Crippen molar-refractivity contribution in [3.8, 4) is 11.8 Å². The van der Waals surface area contributed by atoms with Crippen molar-refractivity contribution in [2.45, 2.75) is 13.3 Å². The van der Waals surface area contributed by atoms with Gasteiger partial charge in [0.05, 0.1) is 18.2 Å². The molecule has 0 aliphatic heterocycles. The van der Waals surface area contributed by atoms with E-state index < -0.39 is 0 Å². The van der Waals surface area contributed by atoms with Crippen molar-refractivity contribution in [3.05, 3.63) is 47.7 Å². The quantitative estimate of drug-likeness (QED) is 0.769. The minimum atomic E-state index is 0.401. The number of rotatable bonds is 2. The van der Waals surface area contributed by atoms with Gasteiger partial charge in [0.15, 0.2) is 5.65 Å². The Morgan fingerprint density at radius 3 is 2.60 bits per heavy atom. The van der Waals surface area contributed by atoms with E-state index in [2.05, 4.69) is 16.0 Å². The number of nitrogens with zero attached hydrogens (tertiary/aromatic N) is 4. The summed E-state index contributed by atoms with van der Waals surface area (Å²) in [5.41, 5.74) is 10.3. The Kier molecular flexibility index (Phi) is 2.84. The van der Waals surface area contributed by atoms with E-state index in [4.69, 9.17) is 11.0 Å². The van der Waals surface area contributed by atoms with Crippen LogP contribution >= 0.6 is 0 Å². The first-order valence-electron chi connectivity index (χ1n) is 6.27. The van der Waals surface area contributed by atoms with Crippen molar-refractivity contribution in [2.24, 2.45) is 0 Å². The Hall–Kier alpha value is -2.87. The van der Waals surface area contributed by atoms with Crippen LogP contribution in [0.4, 0.5) is 5.95 Å². The predicted octanol–water partition coefficient (Wildman–Crippen LogP) is 2.38. The molecule has 0 unspecified atom stereocenters. The molecule has 0 saturated carbocycles. The first kappa shape index (κ1) is 12.2. The summed E-state index contributed by atoms with van der Waals surface area (Å²) in [5.74, 6) is 0.408. The lowest BCUT2D eigenvalue weighted by Gasteiger charge is -2.06. The molecule has 0 aliphatic carbocycles. The fraction of sp³-hybridized carbons (Fsp3) is 0.133. The monoisotopic (exact) mass is 263 g/mol. The lowest BCUT2D eigenvalue weighted by molar-refractivity contribution is 1.07. The molecule has 5 heteroatoms. The summed E-state index contributed by atoms with van der Waals surface area (Å²) in [7, 11) is 0. The van der Waals surface area contributed by atoms with Gasteiger partial charge in [0, 0.05) is 5.69 Å². The number of pyridine rings is 1. The number of nitrogens with two attached hydrogens (primary N) is 1. The van der Waals surface area contributed by atoms with Gasteiger partial charge in [-0.05, 0) is 36.8 Å². The highest BCUT2D eigenvalue weighted by atomic mass is 15.2. The van der Waals surface area contributed by atoms with E-state index in [1.165, 1.54) is 0 Å². The molecule has 3 aromatic rings. The average Bonchev–Trinajstić information content (AvgIpc) is 2.76. The SMILES string of the molecule is Cc1ccc2nc(N)n(-c3ccc(CC#N)cc3)c2n1. The molecule has 20 heavy (non-hydrogen) atoms. The maximum atomic E-state index is 8.69. The molecule has 2 N–H and O–H groups in total. The van der Waals surface area contributed by atoms with Gasteiger partial charge in [0.25, 0.3) is 0 Å². The highest BCUT2D eigenvalue weighted by Gasteiger charge is 2.11. The smallest absolute Gasteiger partial charge is 0.207 e. The van der Waals surface area contributed by atoms with Crippen LogP contribution in [0.25, 0.3) is 16.9 Å². The van der Waals surface area contributed by atoms with Crippen LogP contribution in [0, 0.1) is 18.3 Å². The Morgan fingerprint density at radius 1 is 1.15 bits per heavy atom. The van der Waals surface area contributed by atoms with E-state index in [-0.39, 0.29) is 0 Å². The highest BCUT2D eigenvalue weighted by molar-refractivity contribution is 5.77. The van der Waals surface area contributed by atoms with Crippen LogP contribution in [0.1, 0.15) is 11.3 Å². The Morgan fingerprint density at radius 2 is 1.90 bits per heavy atom. The van der Waals surface area contributed by atoms with Gasteiger partial charge >= 0.3 is 0 Å². The molecular formula is C15H13N5. The van der Waals surface area contributed by atoms with E-state index in [1.54, 1.807) is 0 Å². The van der Waals surface area contributed by atoms with Gasteiger partial charge in [0.2, 0.25) is 5.95 Å². The third-order valence-electron chi connectivity index (χ3n) is 3.15. The van der Waals surface area contributed by atoms with E-state index in [0.717, 1.165) is 28.1 Å². The van der Waals surface area contributed by atoms with E-state index >= 15 is 0 Å². The molecule has 0 spiro atoms. The lowest BCUT2D eigenvalue weighted by Crippen LogP contribution is -2.01. The maximum absolute atomic E-state index is 8.69. The number of benzene rings is 1. The number of nitriles is 1. The number of hydrogen-bond donors (Lipinski definition) is 1. The summed E-state index contributed by atoms with van der Waals surface area (Å²) in [4.78, 5) is 8.81. The zero-order valence-corrected chi connectivity index (χ0v) is 11.0. The van der Waals surface area contributed by atoms with Crippen molar-refractivity contribution in [1.82, 2.24) is 14.5 Å². The maximum Gasteiger partial charge on any atom is 0.207 e. The zero-order valence-electron chi connectivity index (χ0n) is 11.0. The fourth-order valence-electron chi connectivity index (χ4n) is 2.18. The molecule has 1 aromatic carbocycles. The fourth-order valence-corrected chi connectivity index (χ4v) is 2.18. The molecule has 2 aromatic heterocycles. The second kappa shape index (κ2) is 4.67. The number of nitrogen functional groups attached to an aromatic ring is 1. The number of imidazole rings is 1. The van der Waals surface area contributed by atoms with Crippen LogP contribution in [0.15, 0.2) is 36.4 Å². The average molecular weight is 263 g/mol. The summed E-state index contributed by atoms with van der Waals surface area (Å²) in [5, 5.41) is 8.69. The van der Waals surface area contributed by atoms with Crippen LogP contribution in [-0.4, -0.2) is 14.5 Å². The topological polar surface area (TPSA) is 80.5 Å². The van der Waals surface area contributed by atoms with Gasteiger partial charge < -0.3 is 5.73 Å². The van der Waals surface area contributed by atoms with Crippen molar-refractivity contribution in [3.63, 3.8) is 0 Å². The Labute approximate surface area is 116 Å². The minimum absolute atomic E-state index is 0.401. The second-order valence-electron chi connectivity index (χ2n) is 4.60. The molecule has 2 heterocycles. The molecule has 0 atom stereocenters. The van der Waals surface area contributed by atoms with Crippen molar-refractivity contribution >= 4 is 17.1 Å². The van der Waals surface area contributed by atoms with E-state index in [9.17, 15) is 0 Å². The molecular weight excluding hydrogens is 250 g/mol. The molecule has 0 bridgehead atoms. The number of aromatic nitrogens is 3. The molecule has 3 rings (SSSR count). The van der Waals surface area contributed by atoms with Gasteiger partial charge in [-0.3, -0.25) is 4.57 Å². The summed E-state index contributed by atoms with van der Waals surface area (Å²) >= 11 is 0. The highest BCUT2D eigenvalue weighted by Crippen LogP contribution is 2.22. The number of hydrogen-bond acceptors (Lipinski definition) is 4. The summed E-state index contributed by atoms with van der Waals surface area (Å²) in [6.45, 7) is 1.93. The van der Waals surface area contributed by atoms with Gasteiger partial charge in [-0.1, -0.05) is 12.1 Å². The van der Waals surface area contributed by atoms with Gasteiger partial charge in [0.1, 0.15) is 5.52 Å². The normalized spacial score (nSPS) is 10.6. The molecule has 0 aliphatic rings. The first-order valence-corrected chi connectivity index (χ1v) is 6.27. The van der Waals surface area contributed by atoms with Crippen LogP contribution in [0.2, 0.25) is 0 Å².